The van der Waals surface area contributed by atoms with Gasteiger partial charge in [0.15, 0.2) is 0 Å². The second-order valence-corrected chi connectivity index (χ2v) is 5.20. The summed E-state index contributed by atoms with van der Waals surface area (Å²) in [5.41, 5.74) is 3.80. The van der Waals surface area contributed by atoms with Crippen molar-refractivity contribution in [3.63, 3.8) is 0 Å². The average Bonchev–Trinajstić information content (AvgIpc) is 2.34. The number of aryl methyl sites for hydroxylation is 1. The Morgan fingerprint density at radius 2 is 2.06 bits per heavy atom. The Labute approximate surface area is 109 Å². The van der Waals surface area contributed by atoms with E-state index >= 15 is 0 Å². The zero-order valence-electron chi connectivity index (χ0n) is 11.6. The van der Waals surface area contributed by atoms with Gasteiger partial charge in [0.1, 0.15) is 0 Å². The van der Waals surface area contributed by atoms with Crippen molar-refractivity contribution in [3.8, 4) is 0 Å². The third-order valence-electron chi connectivity index (χ3n) is 3.80. The van der Waals surface area contributed by atoms with E-state index in [0.29, 0.717) is 24.0 Å². The van der Waals surface area contributed by atoms with Gasteiger partial charge in [-0.3, -0.25) is 4.98 Å². The van der Waals surface area contributed by atoms with E-state index in [-0.39, 0.29) is 5.97 Å². The molecule has 0 saturated heterocycles. The molecule has 2 rings (SSSR count). The van der Waals surface area contributed by atoms with E-state index < -0.39 is 0 Å². The van der Waals surface area contributed by atoms with Crippen LogP contribution in [-0.2, 0) is 4.74 Å². The van der Waals surface area contributed by atoms with Gasteiger partial charge in [-0.1, -0.05) is 13.8 Å². The molecule has 0 aromatic carbocycles. The van der Waals surface area contributed by atoms with Crippen molar-refractivity contribution in [2.75, 3.05) is 6.61 Å². The summed E-state index contributed by atoms with van der Waals surface area (Å²) in [5.74, 6) is 0.722. The van der Waals surface area contributed by atoms with Crippen molar-refractivity contribution in [2.45, 2.75) is 52.4 Å². The Balaban J connectivity index is 2.46. The van der Waals surface area contributed by atoms with Gasteiger partial charge in [0.05, 0.1) is 17.9 Å². The van der Waals surface area contributed by atoms with E-state index in [1.54, 1.807) is 0 Å². The van der Waals surface area contributed by atoms with Crippen LogP contribution in [0.15, 0.2) is 6.07 Å². The van der Waals surface area contributed by atoms with Gasteiger partial charge in [-0.15, -0.1) is 0 Å². The van der Waals surface area contributed by atoms with E-state index in [9.17, 15) is 4.79 Å². The van der Waals surface area contributed by atoms with Gasteiger partial charge in [-0.2, -0.15) is 0 Å². The highest BCUT2D eigenvalue weighted by atomic mass is 16.5. The lowest BCUT2D eigenvalue weighted by Crippen LogP contribution is -2.17. The molecule has 1 aromatic rings. The maximum Gasteiger partial charge on any atom is 0.339 e. The minimum atomic E-state index is -0.254. The lowest BCUT2D eigenvalue weighted by atomic mass is 9.80. The van der Waals surface area contributed by atoms with Crippen molar-refractivity contribution in [1.29, 1.82) is 0 Å². The predicted molar refractivity (Wildman–Crippen MR) is 71.0 cm³/mol. The van der Waals surface area contributed by atoms with E-state index in [1.165, 1.54) is 24.1 Å². The fraction of sp³-hybridized carbons (Fsp3) is 0.600. The molecular weight excluding hydrogens is 226 g/mol. The van der Waals surface area contributed by atoms with Gasteiger partial charge < -0.3 is 4.74 Å². The standard InChI is InChI=1S/C15H21NO2/c1-5-18-15(17)13-8-12-9(2)6-7-10(3)14(12)16-11(13)4/h8-10H,5-7H2,1-4H3. The molecule has 3 heteroatoms. The molecule has 0 bridgehead atoms. The molecule has 0 fully saturated rings. The third-order valence-corrected chi connectivity index (χ3v) is 3.80. The van der Waals surface area contributed by atoms with Crippen LogP contribution in [-0.4, -0.2) is 17.6 Å². The second kappa shape index (κ2) is 5.09. The second-order valence-electron chi connectivity index (χ2n) is 5.20. The molecule has 1 aliphatic carbocycles. The van der Waals surface area contributed by atoms with Crippen LogP contribution in [0.25, 0.3) is 0 Å². The highest BCUT2D eigenvalue weighted by molar-refractivity contribution is 5.90. The largest absolute Gasteiger partial charge is 0.462 e. The molecule has 98 valence electrons. The summed E-state index contributed by atoms with van der Waals surface area (Å²) in [7, 11) is 0. The van der Waals surface area contributed by atoms with E-state index in [1.807, 2.05) is 19.9 Å². The van der Waals surface area contributed by atoms with Crippen LogP contribution >= 0.6 is 0 Å². The van der Waals surface area contributed by atoms with Gasteiger partial charge >= 0.3 is 5.97 Å². The van der Waals surface area contributed by atoms with E-state index in [2.05, 4.69) is 18.8 Å². The fourth-order valence-electron chi connectivity index (χ4n) is 2.64. The monoisotopic (exact) mass is 247 g/mol. The van der Waals surface area contributed by atoms with Crippen molar-refractivity contribution in [2.24, 2.45) is 0 Å². The number of rotatable bonds is 2. The zero-order chi connectivity index (χ0) is 13.3. The number of hydrogen-bond donors (Lipinski definition) is 0. The first kappa shape index (κ1) is 13.1. The molecule has 3 nitrogen and oxygen atoms in total. The number of carbonyl (C=O) groups is 1. The maximum atomic E-state index is 11.9. The van der Waals surface area contributed by atoms with Gasteiger partial charge in [-0.05, 0) is 50.2 Å². The molecule has 0 saturated carbocycles. The molecule has 2 atom stereocenters. The number of carbonyl (C=O) groups excluding carboxylic acids is 1. The zero-order valence-corrected chi connectivity index (χ0v) is 11.6. The summed E-state index contributed by atoms with van der Waals surface area (Å²) < 4.78 is 5.08. The summed E-state index contributed by atoms with van der Waals surface area (Å²) >= 11 is 0. The number of fused-ring (bicyclic) bond motifs is 1. The fourth-order valence-corrected chi connectivity index (χ4v) is 2.64. The molecule has 0 spiro atoms. The summed E-state index contributed by atoms with van der Waals surface area (Å²) in [6.07, 6.45) is 2.35. The first-order valence-corrected chi connectivity index (χ1v) is 6.73. The van der Waals surface area contributed by atoms with Gasteiger partial charge in [0.25, 0.3) is 0 Å². The van der Waals surface area contributed by atoms with E-state index in [0.717, 1.165) is 5.69 Å². The average molecular weight is 247 g/mol. The van der Waals surface area contributed by atoms with Gasteiger partial charge in [0, 0.05) is 5.69 Å². The Morgan fingerprint density at radius 3 is 2.72 bits per heavy atom. The molecule has 0 radical (unpaired) electrons. The lowest BCUT2D eigenvalue weighted by Gasteiger charge is -2.27. The van der Waals surface area contributed by atoms with Crippen LogP contribution in [0.3, 0.4) is 0 Å². The highest BCUT2D eigenvalue weighted by Gasteiger charge is 2.26. The van der Waals surface area contributed by atoms with Crippen LogP contribution in [0.5, 0.6) is 0 Å². The van der Waals surface area contributed by atoms with Crippen LogP contribution in [0.1, 0.15) is 72.8 Å². The van der Waals surface area contributed by atoms with Crippen molar-refractivity contribution in [1.82, 2.24) is 4.98 Å². The Morgan fingerprint density at radius 1 is 1.39 bits per heavy atom. The number of aromatic nitrogens is 1. The molecule has 18 heavy (non-hydrogen) atoms. The Hall–Kier alpha value is -1.38. The van der Waals surface area contributed by atoms with Crippen LogP contribution in [0, 0.1) is 6.92 Å². The maximum absolute atomic E-state index is 11.9. The molecular formula is C15H21NO2. The van der Waals surface area contributed by atoms with Crippen LogP contribution in [0.4, 0.5) is 0 Å². The topological polar surface area (TPSA) is 39.2 Å². The third kappa shape index (κ3) is 2.26. The van der Waals surface area contributed by atoms with Gasteiger partial charge in [0.2, 0.25) is 0 Å². The number of nitrogens with zero attached hydrogens (tertiary/aromatic N) is 1. The number of pyridine rings is 1. The van der Waals surface area contributed by atoms with Gasteiger partial charge in [-0.25, -0.2) is 4.79 Å². The normalized spacial score (nSPS) is 22.4. The summed E-state index contributed by atoms with van der Waals surface area (Å²) in [4.78, 5) is 16.5. The van der Waals surface area contributed by atoms with Crippen molar-refractivity contribution in [3.05, 3.63) is 28.6 Å². The van der Waals surface area contributed by atoms with Crippen molar-refractivity contribution >= 4 is 5.97 Å². The Bertz CT molecular complexity index is 468. The van der Waals surface area contributed by atoms with Crippen LogP contribution in [0.2, 0.25) is 0 Å². The van der Waals surface area contributed by atoms with E-state index in [4.69, 9.17) is 4.74 Å². The molecule has 0 amide bonds. The minimum absolute atomic E-state index is 0.254. The summed E-state index contributed by atoms with van der Waals surface area (Å²) in [5, 5.41) is 0. The molecule has 0 aliphatic heterocycles. The molecule has 0 N–H and O–H groups in total. The first-order valence-electron chi connectivity index (χ1n) is 6.73. The molecule has 2 unspecified atom stereocenters. The summed E-state index contributed by atoms with van der Waals surface area (Å²) in [6, 6.07) is 2.00. The molecule has 1 aromatic heterocycles. The SMILES string of the molecule is CCOC(=O)c1cc2c(nc1C)C(C)CCC2C. The number of hydrogen-bond acceptors (Lipinski definition) is 3. The smallest absolute Gasteiger partial charge is 0.339 e. The Kier molecular flexibility index (Phi) is 3.69. The van der Waals surface area contributed by atoms with Crippen molar-refractivity contribution < 1.29 is 9.53 Å². The number of ether oxygens (including phenoxy) is 1. The summed E-state index contributed by atoms with van der Waals surface area (Å²) in [6.45, 7) is 8.53. The number of esters is 1. The highest BCUT2D eigenvalue weighted by Crippen LogP contribution is 2.38. The minimum Gasteiger partial charge on any atom is -0.462 e. The van der Waals surface area contributed by atoms with Crippen LogP contribution < -0.4 is 0 Å². The quantitative estimate of drug-likeness (QED) is 0.750. The predicted octanol–water partition coefficient (Wildman–Crippen LogP) is 3.57. The molecule has 1 heterocycles. The lowest BCUT2D eigenvalue weighted by molar-refractivity contribution is 0.0524. The molecule has 1 aliphatic rings. The first-order chi connectivity index (χ1) is 8.54.